The first-order valence-electron chi connectivity index (χ1n) is 11.4. The first-order valence-corrected chi connectivity index (χ1v) is 12.8. The molecule has 10 heteroatoms. The molecule has 180 valence electrons. The van der Waals surface area contributed by atoms with Crippen molar-refractivity contribution in [3.63, 3.8) is 0 Å². The number of nitrogens with zero attached hydrogens (tertiary/aromatic N) is 3. The van der Waals surface area contributed by atoms with Gasteiger partial charge in [-0.05, 0) is 56.6 Å². The summed E-state index contributed by atoms with van der Waals surface area (Å²) in [7, 11) is -1.67. The molecule has 0 bridgehead atoms. The van der Waals surface area contributed by atoms with Gasteiger partial charge in [-0.15, -0.1) is 0 Å². The summed E-state index contributed by atoms with van der Waals surface area (Å²) in [5.41, 5.74) is 1.56. The molecule has 1 aromatic heterocycles. The Hall–Kier alpha value is -2.40. The van der Waals surface area contributed by atoms with Gasteiger partial charge in [0.15, 0.2) is 0 Å². The molecule has 0 spiro atoms. The SMILES string of the molecule is CCOc1ccc(S(=O)(=O)N2CCOCC2)cc1NC(=O)CN1CCC[C@@H]1c1cccn1C. The maximum absolute atomic E-state index is 13.1. The zero-order valence-corrected chi connectivity index (χ0v) is 20.0. The van der Waals surface area contributed by atoms with E-state index < -0.39 is 10.0 Å². The van der Waals surface area contributed by atoms with E-state index in [9.17, 15) is 13.2 Å². The molecule has 1 N–H and O–H groups in total. The fourth-order valence-corrected chi connectivity index (χ4v) is 5.96. The number of hydrogen-bond donors (Lipinski definition) is 1. The normalized spacial score (nSPS) is 20.1. The highest BCUT2D eigenvalue weighted by molar-refractivity contribution is 7.89. The fourth-order valence-electron chi connectivity index (χ4n) is 4.53. The van der Waals surface area contributed by atoms with E-state index in [2.05, 4.69) is 20.9 Å². The van der Waals surface area contributed by atoms with E-state index in [0.29, 0.717) is 44.3 Å². The molecule has 0 aliphatic carbocycles. The van der Waals surface area contributed by atoms with Crippen LogP contribution in [0, 0.1) is 0 Å². The van der Waals surface area contributed by atoms with E-state index in [-0.39, 0.29) is 23.4 Å². The van der Waals surface area contributed by atoms with Crippen molar-refractivity contribution in [3.8, 4) is 5.75 Å². The molecule has 1 atom stereocenters. The van der Waals surface area contributed by atoms with Crippen LogP contribution >= 0.6 is 0 Å². The van der Waals surface area contributed by atoms with Crippen molar-refractivity contribution in [2.45, 2.75) is 30.7 Å². The Labute approximate surface area is 195 Å². The zero-order valence-electron chi connectivity index (χ0n) is 19.2. The molecule has 2 saturated heterocycles. The number of amides is 1. The van der Waals surface area contributed by atoms with Gasteiger partial charge >= 0.3 is 0 Å². The van der Waals surface area contributed by atoms with Gasteiger partial charge in [-0.2, -0.15) is 4.31 Å². The molecule has 2 aromatic rings. The minimum atomic E-state index is -3.68. The number of hydrogen-bond acceptors (Lipinski definition) is 6. The van der Waals surface area contributed by atoms with Crippen LogP contribution in [0.5, 0.6) is 5.75 Å². The average Bonchev–Trinajstić information content (AvgIpc) is 3.43. The predicted octanol–water partition coefficient (Wildman–Crippen LogP) is 2.22. The summed E-state index contributed by atoms with van der Waals surface area (Å²) in [5, 5.41) is 2.90. The summed E-state index contributed by atoms with van der Waals surface area (Å²) in [4.78, 5) is 15.3. The third kappa shape index (κ3) is 5.24. The number of morpholine rings is 1. The summed E-state index contributed by atoms with van der Waals surface area (Å²) < 4.78 is 40.6. The number of carbonyl (C=O) groups excluding carboxylic acids is 1. The summed E-state index contributed by atoms with van der Waals surface area (Å²) in [5.74, 6) is 0.255. The molecule has 2 aliphatic rings. The summed E-state index contributed by atoms with van der Waals surface area (Å²) in [6.07, 6.45) is 4.05. The van der Waals surface area contributed by atoms with E-state index in [1.54, 1.807) is 6.07 Å². The van der Waals surface area contributed by atoms with Crippen LogP contribution in [0.15, 0.2) is 41.4 Å². The van der Waals surface area contributed by atoms with Crippen molar-refractivity contribution in [2.75, 3.05) is 51.3 Å². The molecule has 9 nitrogen and oxygen atoms in total. The zero-order chi connectivity index (χ0) is 23.4. The summed E-state index contributed by atoms with van der Waals surface area (Å²) >= 11 is 0. The van der Waals surface area contributed by atoms with E-state index in [1.165, 1.54) is 22.1 Å². The molecule has 33 heavy (non-hydrogen) atoms. The highest BCUT2D eigenvalue weighted by Crippen LogP contribution is 2.33. The van der Waals surface area contributed by atoms with Crippen LogP contribution in [0.2, 0.25) is 0 Å². The van der Waals surface area contributed by atoms with Gasteiger partial charge in [0.25, 0.3) is 0 Å². The smallest absolute Gasteiger partial charge is 0.243 e. The van der Waals surface area contributed by atoms with E-state index in [0.717, 1.165) is 19.4 Å². The van der Waals surface area contributed by atoms with Gasteiger partial charge in [0.1, 0.15) is 5.75 Å². The number of ether oxygens (including phenoxy) is 2. The molecular formula is C23H32N4O5S. The molecule has 0 unspecified atom stereocenters. The monoisotopic (exact) mass is 476 g/mol. The lowest BCUT2D eigenvalue weighted by Crippen LogP contribution is -2.40. The molecule has 2 fully saturated rings. The van der Waals surface area contributed by atoms with Crippen LogP contribution in [0.4, 0.5) is 5.69 Å². The Morgan fingerprint density at radius 2 is 2.00 bits per heavy atom. The number of aryl methyl sites for hydroxylation is 1. The van der Waals surface area contributed by atoms with Crippen molar-refractivity contribution >= 4 is 21.6 Å². The molecule has 0 saturated carbocycles. The van der Waals surface area contributed by atoms with Crippen molar-refractivity contribution in [2.24, 2.45) is 7.05 Å². The molecular weight excluding hydrogens is 444 g/mol. The Kier molecular flexibility index (Phi) is 7.38. The molecule has 4 rings (SSSR count). The molecule has 3 heterocycles. The van der Waals surface area contributed by atoms with Gasteiger partial charge in [-0.1, -0.05) is 0 Å². The van der Waals surface area contributed by atoms with Crippen molar-refractivity contribution in [1.82, 2.24) is 13.8 Å². The van der Waals surface area contributed by atoms with Gasteiger partial charge in [0.2, 0.25) is 15.9 Å². The minimum absolute atomic E-state index is 0.131. The van der Waals surface area contributed by atoms with Gasteiger partial charge in [-0.3, -0.25) is 9.69 Å². The Morgan fingerprint density at radius 1 is 1.21 bits per heavy atom. The van der Waals surface area contributed by atoms with Gasteiger partial charge in [0.05, 0.1) is 43.0 Å². The topological polar surface area (TPSA) is 93.1 Å². The third-order valence-corrected chi connectivity index (χ3v) is 8.06. The van der Waals surface area contributed by atoms with Crippen LogP contribution in [0.3, 0.4) is 0 Å². The van der Waals surface area contributed by atoms with Crippen LogP contribution in [0.1, 0.15) is 31.5 Å². The Morgan fingerprint density at radius 3 is 2.70 bits per heavy atom. The van der Waals surface area contributed by atoms with Crippen LogP contribution < -0.4 is 10.1 Å². The van der Waals surface area contributed by atoms with Gasteiger partial charge in [0, 0.05) is 32.0 Å². The van der Waals surface area contributed by atoms with Crippen LogP contribution in [0.25, 0.3) is 0 Å². The first kappa shape index (κ1) is 23.7. The quantitative estimate of drug-likeness (QED) is 0.628. The standard InChI is InChI=1S/C23H32N4O5S/c1-3-32-22-9-8-18(33(29,30)27-12-14-31-15-13-27)16-19(22)24-23(28)17-26-11-5-7-21(26)20-6-4-10-25(20)2/h4,6,8-10,16,21H,3,5,7,11-15,17H2,1-2H3,(H,24,28)/t21-/m1/s1. The van der Waals surface area contributed by atoms with Crippen molar-refractivity contribution in [3.05, 3.63) is 42.2 Å². The Bertz CT molecular complexity index is 1080. The van der Waals surface area contributed by atoms with Gasteiger partial charge in [-0.25, -0.2) is 8.42 Å². The molecule has 1 aromatic carbocycles. The summed E-state index contributed by atoms with van der Waals surface area (Å²) in [6.45, 7) is 4.68. The lowest BCUT2D eigenvalue weighted by Gasteiger charge is -2.26. The molecule has 2 aliphatic heterocycles. The molecule has 0 radical (unpaired) electrons. The average molecular weight is 477 g/mol. The number of anilines is 1. The molecule has 1 amide bonds. The van der Waals surface area contributed by atoms with Crippen LogP contribution in [-0.2, 0) is 26.6 Å². The minimum Gasteiger partial charge on any atom is -0.492 e. The van der Waals surface area contributed by atoms with E-state index in [4.69, 9.17) is 9.47 Å². The van der Waals surface area contributed by atoms with Gasteiger partial charge < -0.3 is 19.4 Å². The van der Waals surface area contributed by atoms with Crippen LogP contribution in [-0.4, -0.2) is 74.1 Å². The highest BCUT2D eigenvalue weighted by atomic mass is 32.2. The maximum Gasteiger partial charge on any atom is 0.243 e. The van der Waals surface area contributed by atoms with E-state index >= 15 is 0 Å². The van der Waals surface area contributed by atoms with E-state index in [1.807, 2.05) is 26.2 Å². The predicted molar refractivity (Wildman–Crippen MR) is 125 cm³/mol. The number of sulfonamides is 1. The number of rotatable bonds is 8. The summed E-state index contributed by atoms with van der Waals surface area (Å²) in [6, 6.07) is 8.92. The van der Waals surface area contributed by atoms with Crippen molar-refractivity contribution in [1.29, 1.82) is 0 Å². The largest absolute Gasteiger partial charge is 0.492 e. The number of benzene rings is 1. The highest BCUT2D eigenvalue weighted by Gasteiger charge is 2.30. The number of aromatic nitrogens is 1. The first-order chi connectivity index (χ1) is 15.9. The van der Waals surface area contributed by atoms with Crippen molar-refractivity contribution < 1.29 is 22.7 Å². The Balaban J connectivity index is 1.51. The number of likely N-dealkylation sites (tertiary alicyclic amines) is 1. The number of nitrogens with one attached hydrogen (secondary N) is 1. The second kappa shape index (κ2) is 10.3. The number of carbonyl (C=O) groups is 1. The second-order valence-corrected chi connectivity index (χ2v) is 10.3. The maximum atomic E-state index is 13.1. The lowest BCUT2D eigenvalue weighted by atomic mass is 10.1. The third-order valence-electron chi connectivity index (χ3n) is 6.17. The second-order valence-electron chi connectivity index (χ2n) is 8.33. The fraction of sp³-hybridized carbons (Fsp3) is 0.522. The lowest BCUT2D eigenvalue weighted by molar-refractivity contribution is -0.117.